The van der Waals surface area contributed by atoms with Gasteiger partial charge in [0.1, 0.15) is 5.75 Å². The van der Waals surface area contributed by atoms with Crippen LogP contribution in [0.25, 0.3) is 0 Å². The molecule has 1 amide bonds. The van der Waals surface area contributed by atoms with Crippen molar-refractivity contribution in [3.8, 4) is 5.75 Å². The van der Waals surface area contributed by atoms with Gasteiger partial charge in [0.15, 0.2) is 0 Å². The molecule has 106 valence electrons. The molecule has 0 saturated carbocycles. The molecule has 0 radical (unpaired) electrons. The highest BCUT2D eigenvalue weighted by Crippen LogP contribution is 2.32. The molecule has 0 aliphatic rings. The third kappa shape index (κ3) is 3.94. The smallest absolute Gasteiger partial charge is 0.241 e. The number of ether oxygens (including phenoxy) is 1. The van der Waals surface area contributed by atoms with Gasteiger partial charge in [-0.15, -0.1) is 0 Å². The lowest BCUT2D eigenvalue weighted by Gasteiger charge is -2.26. The SMILES string of the molecule is COc1cc(Br)cc(C)c1NC(=O)[C@H](N)C(C)(C)C. The fourth-order valence-electron chi connectivity index (χ4n) is 1.63. The number of rotatable bonds is 3. The molecule has 0 spiro atoms. The number of carbonyl (C=O) groups excluding carboxylic acids is 1. The molecule has 1 aromatic rings. The van der Waals surface area contributed by atoms with Crippen molar-refractivity contribution in [2.75, 3.05) is 12.4 Å². The average Bonchev–Trinajstić information content (AvgIpc) is 2.29. The van der Waals surface area contributed by atoms with Crippen LogP contribution in [0.2, 0.25) is 0 Å². The van der Waals surface area contributed by atoms with E-state index in [1.54, 1.807) is 7.11 Å². The molecule has 1 rings (SSSR count). The molecule has 1 atom stereocenters. The Labute approximate surface area is 122 Å². The van der Waals surface area contributed by atoms with Crippen molar-refractivity contribution in [3.63, 3.8) is 0 Å². The second kappa shape index (κ2) is 5.92. The Kier molecular flexibility index (Phi) is 4.98. The molecule has 5 heteroatoms. The number of nitrogens with one attached hydrogen (secondary N) is 1. The Bertz CT molecular complexity index is 481. The molecule has 19 heavy (non-hydrogen) atoms. The van der Waals surface area contributed by atoms with Crippen molar-refractivity contribution in [3.05, 3.63) is 22.2 Å². The van der Waals surface area contributed by atoms with E-state index in [9.17, 15) is 4.79 Å². The van der Waals surface area contributed by atoms with Gasteiger partial charge >= 0.3 is 0 Å². The zero-order valence-electron chi connectivity index (χ0n) is 12.0. The van der Waals surface area contributed by atoms with Gasteiger partial charge in [-0.3, -0.25) is 4.79 Å². The van der Waals surface area contributed by atoms with Gasteiger partial charge in [0.2, 0.25) is 5.91 Å². The zero-order chi connectivity index (χ0) is 14.8. The summed E-state index contributed by atoms with van der Waals surface area (Å²) >= 11 is 3.40. The molecule has 0 aliphatic heterocycles. The molecule has 0 saturated heterocycles. The van der Waals surface area contributed by atoms with Crippen LogP contribution in [0.3, 0.4) is 0 Å². The average molecular weight is 329 g/mol. The van der Waals surface area contributed by atoms with Crippen LogP contribution >= 0.6 is 15.9 Å². The lowest BCUT2D eigenvalue weighted by molar-refractivity contribution is -0.119. The minimum Gasteiger partial charge on any atom is -0.495 e. The highest BCUT2D eigenvalue weighted by molar-refractivity contribution is 9.10. The summed E-state index contributed by atoms with van der Waals surface area (Å²) in [6.45, 7) is 7.71. The van der Waals surface area contributed by atoms with Crippen LogP contribution in [0, 0.1) is 12.3 Å². The number of amides is 1. The zero-order valence-corrected chi connectivity index (χ0v) is 13.6. The molecular formula is C14H21BrN2O2. The van der Waals surface area contributed by atoms with E-state index in [0.717, 1.165) is 10.0 Å². The molecule has 0 aromatic heterocycles. The number of methoxy groups -OCH3 is 1. The largest absolute Gasteiger partial charge is 0.495 e. The summed E-state index contributed by atoms with van der Waals surface area (Å²) < 4.78 is 6.19. The van der Waals surface area contributed by atoms with Crippen molar-refractivity contribution in [2.45, 2.75) is 33.7 Å². The Morgan fingerprint density at radius 3 is 2.47 bits per heavy atom. The maximum absolute atomic E-state index is 12.2. The van der Waals surface area contributed by atoms with E-state index in [0.29, 0.717) is 11.4 Å². The van der Waals surface area contributed by atoms with Crippen LogP contribution in [0.15, 0.2) is 16.6 Å². The minimum absolute atomic E-state index is 0.212. The Morgan fingerprint density at radius 1 is 1.42 bits per heavy atom. The second-order valence-electron chi connectivity index (χ2n) is 5.63. The van der Waals surface area contributed by atoms with Crippen LogP contribution in [0.5, 0.6) is 5.75 Å². The first-order valence-corrected chi connectivity index (χ1v) is 6.86. The fraction of sp³-hybridized carbons (Fsp3) is 0.500. The maximum Gasteiger partial charge on any atom is 0.241 e. The molecule has 0 fully saturated rings. The molecule has 0 bridgehead atoms. The van der Waals surface area contributed by atoms with Crippen molar-refractivity contribution in [1.29, 1.82) is 0 Å². The van der Waals surface area contributed by atoms with E-state index >= 15 is 0 Å². The van der Waals surface area contributed by atoms with E-state index in [1.807, 2.05) is 39.8 Å². The third-order valence-electron chi connectivity index (χ3n) is 2.95. The summed E-state index contributed by atoms with van der Waals surface area (Å²) in [5.41, 5.74) is 7.24. The van der Waals surface area contributed by atoms with Crippen molar-refractivity contribution in [1.82, 2.24) is 0 Å². The van der Waals surface area contributed by atoms with Gasteiger partial charge in [-0.2, -0.15) is 0 Å². The van der Waals surface area contributed by atoms with Gasteiger partial charge in [-0.1, -0.05) is 36.7 Å². The van der Waals surface area contributed by atoms with Crippen LogP contribution in [0.1, 0.15) is 26.3 Å². The molecular weight excluding hydrogens is 308 g/mol. The summed E-state index contributed by atoms with van der Waals surface area (Å²) in [6.07, 6.45) is 0. The van der Waals surface area contributed by atoms with Gasteiger partial charge in [0.25, 0.3) is 0 Å². The molecule has 3 N–H and O–H groups in total. The van der Waals surface area contributed by atoms with Crippen LogP contribution in [-0.4, -0.2) is 19.1 Å². The van der Waals surface area contributed by atoms with E-state index in [4.69, 9.17) is 10.5 Å². The van der Waals surface area contributed by atoms with E-state index in [-0.39, 0.29) is 11.3 Å². The van der Waals surface area contributed by atoms with Gasteiger partial charge in [-0.05, 0) is 30.0 Å². The molecule has 4 nitrogen and oxygen atoms in total. The summed E-state index contributed by atoms with van der Waals surface area (Å²) in [4.78, 5) is 12.2. The number of aryl methyl sites for hydroxylation is 1. The number of benzene rings is 1. The molecule has 0 aliphatic carbocycles. The highest BCUT2D eigenvalue weighted by Gasteiger charge is 2.28. The number of halogens is 1. The first-order valence-electron chi connectivity index (χ1n) is 6.07. The maximum atomic E-state index is 12.2. The van der Waals surface area contributed by atoms with Crippen molar-refractivity contribution < 1.29 is 9.53 Å². The minimum atomic E-state index is -0.583. The Morgan fingerprint density at radius 2 is 2.00 bits per heavy atom. The first kappa shape index (κ1) is 16.0. The van der Waals surface area contributed by atoms with Crippen LogP contribution in [-0.2, 0) is 4.79 Å². The van der Waals surface area contributed by atoms with Crippen molar-refractivity contribution >= 4 is 27.5 Å². The first-order chi connectivity index (χ1) is 8.66. The number of hydrogen-bond donors (Lipinski definition) is 2. The lowest BCUT2D eigenvalue weighted by Crippen LogP contribution is -2.45. The normalized spacial score (nSPS) is 13.0. The highest BCUT2D eigenvalue weighted by atomic mass is 79.9. The summed E-state index contributed by atoms with van der Waals surface area (Å²) in [5.74, 6) is 0.401. The van der Waals surface area contributed by atoms with Crippen molar-refractivity contribution in [2.24, 2.45) is 11.1 Å². The van der Waals surface area contributed by atoms with Gasteiger partial charge < -0.3 is 15.8 Å². The lowest BCUT2D eigenvalue weighted by atomic mass is 9.87. The van der Waals surface area contributed by atoms with Gasteiger partial charge in [-0.25, -0.2) is 0 Å². The van der Waals surface area contributed by atoms with Crippen LogP contribution < -0.4 is 15.8 Å². The Balaban J connectivity index is 3.03. The van der Waals surface area contributed by atoms with Gasteiger partial charge in [0.05, 0.1) is 18.8 Å². The molecule has 0 unspecified atom stereocenters. The number of anilines is 1. The quantitative estimate of drug-likeness (QED) is 0.896. The number of nitrogens with two attached hydrogens (primary N) is 1. The van der Waals surface area contributed by atoms with Crippen LogP contribution in [0.4, 0.5) is 5.69 Å². The summed E-state index contributed by atoms with van der Waals surface area (Å²) in [5, 5.41) is 2.85. The predicted molar refractivity (Wildman–Crippen MR) is 81.5 cm³/mol. The third-order valence-corrected chi connectivity index (χ3v) is 3.41. The van der Waals surface area contributed by atoms with E-state index in [1.165, 1.54) is 0 Å². The second-order valence-corrected chi connectivity index (χ2v) is 6.55. The predicted octanol–water partition coefficient (Wildman–Crippen LogP) is 3.08. The Hall–Kier alpha value is -1.07. The van der Waals surface area contributed by atoms with E-state index < -0.39 is 6.04 Å². The van der Waals surface area contributed by atoms with E-state index in [2.05, 4.69) is 21.2 Å². The van der Waals surface area contributed by atoms with Gasteiger partial charge in [0, 0.05) is 4.47 Å². The summed E-state index contributed by atoms with van der Waals surface area (Å²) in [6, 6.07) is 3.15. The monoisotopic (exact) mass is 328 g/mol. The number of hydrogen-bond acceptors (Lipinski definition) is 3. The fourth-order valence-corrected chi connectivity index (χ4v) is 2.18. The summed E-state index contributed by atoms with van der Waals surface area (Å²) in [7, 11) is 1.57. The molecule has 0 heterocycles. The topological polar surface area (TPSA) is 64.3 Å². The number of carbonyl (C=O) groups is 1. The molecule has 1 aromatic carbocycles. The standard InChI is InChI=1S/C14H21BrN2O2/c1-8-6-9(15)7-10(19-5)11(8)17-13(18)12(16)14(2,3)4/h6-7,12H,16H2,1-5H3,(H,17,18)/t12-/m0/s1.